The number of amides is 2. The summed E-state index contributed by atoms with van der Waals surface area (Å²) in [5.41, 5.74) is 2.60. The van der Waals surface area contributed by atoms with E-state index in [4.69, 9.17) is 4.74 Å². The van der Waals surface area contributed by atoms with Crippen molar-refractivity contribution in [3.8, 4) is 5.75 Å². The smallest absolute Gasteiger partial charge is 0.229 e. The van der Waals surface area contributed by atoms with Crippen LogP contribution in [-0.2, 0) is 9.59 Å². The first-order chi connectivity index (χ1) is 14.2. The van der Waals surface area contributed by atoms with Crippen LogP contribution < -0.4 is 19.9 Å². The normalized spacial score (nSPS) is 18.9. The van der Waals surface area contributed by atoms with Gasteiger partial charge in [0.05, 0.1) is 29.6 Å². The number of anilines is 3. The Morgan fingerprint density at radius 2 is 1.76 bits per heavy atom. The van der Waals surface area contributed by atoms with Gasteiger partial charge in [-0.15, -0.1) is 0 Å². The van der Waals surface area contributed by atoms with E-state index >= 15 is 0 Å². The lowest BCUT2D eigenvalue weighted by atomic mass is 10.1. The molecule has 2 aromatic carbocycles. The van der Waals surface area contributed by atoms with Gasteiger partial charge in [0.15, 0.2) is 0 Å². The zero-order valence-corrected chi connectivity index (χ0v) is 16.8. The first-order valence-corrected chi connectivity index (χ1v) is 10.3. The van der Waals surface area contributed by atoms with Crippen molar-refractivity contribution >= 4 is 28.9 Å². The SMILES string of the molecule is CCOc1ccccc1N1C[C@@H](C(=O)Nc2ccccc2N2CCCC2)CC1=O. The van der Waals surface area contributed by atoms with Gasteiger partial charge >= 0.3 is 0 Å². The molecule has 1 N–H and O–H groups in total. The molecule has 2 aromatic rings. The van der Waals surface area contributed by atoms with Gasteiger partial charge in [-0.1, -0.05) is 24.3 Å². The monoisotopic (exact) mass is 393 g/mol. The molecular formula is C23H27N3O3. The van der Waals surface area contributed by atoms with E-state index < -0.39 is 0 Å². The Morgan fingerprint density at radius 3 is 2.52 bits per heavy atom. The maximum Gasteiger partial charge on any atom is 0.229 e. The summed E-state index contributed by atoms with van der Waals surface area (Å²) in [4.78, 5) is 29.6. The van der Waals surface area contributed by atoms with Crippen molar-refractivity contribution in [1.29, 1.82) is 0 Å². The number of nitrogens with zero attached hydrogens (tertiary/aromatic N) is 2. The van der Waals surface area contributed by atoms with Gasteiger partial charge in [0, 0.05) is 26.1 Å². The second-order valence-corrected chi connectivity index (χ2v) is 7.51. The minimum absolute atomic E-state index is 0.0508. The fourth-order valence-corrected chi connectivity index (χ4v) is 4.12. The quantitative estimate of drug-likeness (QED) is 0.813. The van der Waals surface area contributed by atoms with E-state index in [-0.39, 0.29) is 24.2 Å². The Kier molecular flexibility index (Phi) is 5.69. The molecule has 2 amide bonds. The van der Waals surface area contributed by atoms with Crippen molar-refractivity contribution in [3.63, 3.8) is 0 Å². The van der Waals surface area contributed by atoms with Crippen molar-refractivity contribution in [1.82, 2.24) is 0 Å². The second kappa shape index (κ2) is 8.55. The first-order valence-electron chi connectivity index (χ1n) is 10.3. The van der Waals surface area contributed by atoms with Crippen molar-refractivity contribution in [2.75, 3.05) is 41.4 Å². The Bertz CT molecular complexity index is 892. The minimum atomic E-state index is -0.385. The molecule has 0 bridgehead atoms. The van der Waals surface area contributed by atoms with Crippen LogP contribution in [-0.4, -0.2) is 38.1 Å². The average Bonchev–Trinajstić information content (AvgIpc) is 3.39. The maximum absolute atomic E-state index is 13.0. The molecule has 6 nitrogen and oxygen atoms in total. The number of para-hydroxylation sites is 4. The van der Waals surface area contributed by atoms with E-state index in [9.17, 15) is 9.59 Å². The number of carbonyl (C=O) groups excluding carboxylic acids is 2. The lowest BCUT2D eigenvalue weighted by Gasteiger charge is -2.22. The van der Waals surface area contributed by atoms with Crippen LogP contribution in [0.25, 0.3) is 0 Å². The maximum atomic E-state index is 13.0. The summed E-state index contributed by atoms with van der Waals surface area (Å²) in [6.45, 7) is 4.82. The van der Waals surface area contributed by atoms with Gasteiger partial charge in [-0.3, -0.25) is 9.59 Å². The predicted molar refractivity (Wildman–Crippen MR) is 115 cm³/mol. The molecule has 2 fully saturated rings. The third-order valence-electron chi connectivity index (χ3n) is 5.56. The zero-order valence-electron chi connectivity index (χ0n) is 16.8. The number of hydrogen-bond donors (Lipinski definition) is 1. The van der Waals surface area contributed by atoms with Crippen molar-refractivity contribution < 1.29 is 14.3 Å². The third-order valence-corrected chi connectivity index (χ3v) is 5.56. The molecule has 2 saturated heterocycles. The number of carbonyl (C=O) groups is 2. The van der Waals surface area contributed by atoms with E-state index in [0.717, 1.165) is 30.2 Å². The molecular weight excluding hydrogens is 366 g/mol. The van der Waals surface area contributed by atoms with Crippen LogP contribution in [0.3, 0.4) is 0 Å². The summed E-state index contributed by atoms with van der Waals surface area (Å²) in [6, 6.07) is 15.4. The van der Waals surface area contributed by atoms with Crippen LogP contribution in [0.2, 0.25) is 0 Å². The van der Waals surface area contributed by atoms with Crippen molar-refractivity contribution in [3.05, 3.63) is 48.5 Å². The van der Waals surface area contributed by atoms with E-state index in [1.807, 2.05) is 55.5 Å². The summed E-state index contributed by atoms with van der Waals surface area (Å²) in [7, 11) is 0. The first kappa shape index (κ1) is 19.3. The zero-order chi connectivity index (χ0) is 20.2. The molecule has 29 heavy (non-hydrogen) atoms. The summed E-state index contributed by atoms with van der Waals surface area (Å²) in [5, 5.41) is 3.07. The van der Waals surface area contributed by atoms with Crippen LogP contribution in [0.1, 0.15) is 26.2 Å². The second-order valence-electron chi connectivity index (χ2n) is 7.51. The Hall–Kier alpha value is -3.02. The molecule has 0 radical (unpaired) electrons. The van der Waals surface area contributed by atoms with Gasteiger partial charge in [0.2, 0.25) is 11.8 Å². The van der Waals surface area contributed by atoms with Crippen LogP contribution in [0.15, 0.2) is 48.5 Å². The minimum Gasteiger partial charge on any atom is -0.492 e. The number of ether oxygens (including phenoxy) is 1. The standard InChI is InChI=1S/C23H27N3O3/c1-2-29-21-12-6-5-11-20(21)26-16-17(15-22(26)27)23(28)24-18-9-3-4-10-19(18)25-13-7-8-14-25/h3-6,9-12,17H,2,7-8,13-16H2,1H3,(H,24,28)/t17-/m0/s1. The van der Waals surface area contributed by atoms with E-state index in [0.29, 0.717) is 18.9 Å². The highest BCUT2D eigenvalue weighted by Gasteiger charge is 2.36. The molecule has 0 saturated carbocycles. The Balaban J connectivity index is 1.48. The molecule has 0 unspecified atom stereocenters. The summed E-state index contributed by atoms with van der Waals surface area (Å²) >= 11 is 0. The largest absolute Gasteiger partial charge is 0.492 e. The third kappa shape index (κ3) is 4.06. The van der Waals surface area contributed by atoms with Gasteiger partial charge in [-0.2, -0.15) is 0 Å². The fraction of sp³-hybridized carbons (Fsp3) is 0.391. The van der Waals surface area contributed by atoms with Crippen molar-refractivity contribution in [2.45, 2.75) is 26.2 Å². The number of benzene rings is 2. The highest BCUT2D eigenvalue weighted by atomic mass is 16.5. The average molecular weight is 393 g/mol. The molecule has 0 aliphatic carbocycles. The molecule has 1 atom stereocenters. The molecule has 2 heterocycles. The van der Waals surface area contributed by atoms with Crippen LogP contribution in [0, 0.1) is 5.92 Å². The van der Waals surface area contributed by atoms with Gasteiger partial charge in [0.25, 0.3) is 0 Å². The molecule has 4 rings (SSSR count). The molecule has 2 aliphatic heterocycles. The topological polar surface area (TPSA) is 61.9 Å². The Labute approximate surface area is 171 Å². The lowest BCUT2D eigenvalue weighted by molar-refractivity contribution is -0.122. The fourth-order valence-electron chi connectivity index (χ4n) is 4.12. The van der Waals surface area contributed by atoms with Gasteiger partial charge in [-0.05, 0) is 44.0 Å². The van der Waals surface area contributed by atoms with E-state index in [1.165, 1.54) is 12.8 Å². The van der Waals surface area contributed by atoms with Gasteiger partial charge in [0.1, 0.15) is 5.75 Å². The van der Waals surface area contributed by atoms with Crippen LogP contribution in [0.5, 0.6) is 5.75 Å². The lowest BCUT2D eigenvalue weighted by Crippen LogP contribution is -2.29. The molecule has 0 spiro atoms. The number of nitrogens with one attached hydrogen (secondary N) is 1. The summed E-state index contributed by atoms with van der Waals surface area (Å²) in [6.07, 6.45) is 2.55. The molecule has 6 heteroatoms. The predicted octanol–water partition coefficient (Wildman–Crippen LogP) is 3.68. The van der Waals surface area contributed by atoms with Gasteiger partial charge in [-0.25, -0.2) is 0 Å². The number of rotatable bonds is 6. The highest BCUT2D eigenvalue weighted by Crippen LogP contribution is 2.34. The molecule has 2 aliphatic rings. The highest BCUT2D eigenvalue weighted by molar-refractivity contribution is 6.05. The van der Waals surface area contributed by atoms with Gasteiger partial charge < -0.3 is 19.9 Å². The Morgan fingerprint density at radius 1 is 1.07 bits per heavy atom. The molecule has 0 aromatic heterocycles. The van der Waals surface area contributed by atoms with Crippen molar-refractivity contribution in [2.24, 2.45) is 5.92 Å². The van der Waals surface area contributed by atoms with E-state index in [2.05, 4.69) is 10.2 Å². The number of hydrogen-bond acceptors (Lipinski definition) is 4. The molecule has 152 valence electrons. The van der Waals surface area contributed by atoms with E-state index in [1.54, 1.807) is 4.90 Å². The summed E-state index contributed by atoms with van der Waals surface area (Å²) < 4.78 is 5.66. The summed E-state index contributed by atoms with van der Waals surface area (Å²) in [5.74, 6) is 0.124. The van der Waals surface area contributed by atoms with Crippen LogP contribution in [0.4, 0.5) is 17.1 Å². The van der Waals surface area contributed by atoms with Crippen LogP contribution >= 0.6 is 0 Å².